The first kappa shape index (κ1) is 18.8. The molecule has 2 rings (SSSR count). The Bertz CT molecular complexity index is 782. The third-order valence-electron chi connectivity index (χ3n) is 3.32. The third kappa shape index (κ3) is 5.22. The number of anilines is 1. The molecule has 1 aromatic carbocycles. The lowest BCUT2D eigenvalue weighted by Gasteiger charge is -2.03. The van der Waals surface area contributed by atoms with Gasteiger partial charge in [0.05, 0.1) is 5.69 Å². The fourth-order valence-corrected chi connectivity index (χ4v) is 3.00. The molecule has 0 aliphatic heterocycles. The van der Waals surface area contributed by atoms with Gasteiger partial charge in [-0.2, -0.15) is 4.99 Å². The summed E-state index contributed by atoms with van der Waals surface area (Å²) in [5.41, 5.74) is 6.98. The van der Waals surface area contributed by atoms with Gasteiger partial charge in [0.15, 0.2) is 5.13 Å². The molecular formula is C18H22N4O2S. The SMILES string of the molecule is CCC(N)=NC(=O)c1sc(NC(=O)CC(C)C)nc1-c1ccccc1. The number of hydrogen-bond donors (Lipinski definition) is 2. The van der Waals surface area contributed by atoms with Crippen molar-refractivity contribution in [2.75, 3.05) is 5.32 Å². The van der Waals surface area contributed by atoms with E-state index < -0.39 is 5.91 Å². The fourth-order valence-electron chi connectivity index (χ4n) is 2.11. The van der Waals surface area contributed by atoms with Crippen molar-refractivity contribution in [3.63, 3.8) is 0 Å². The zero-order valence-corrected chi connectivity index (χ0v) is 15.4. The second kappa shape index (κ2) is 8.53. The smallest absolute Gasteiger partial charge is 0.291 e. The predicted octanol–water partition coefficient (Wildman–Crippen LogP) is 3.70. The second-order valence-electron chi connectivity index (χ2n) is 5.97. The van der Waals surface area contributed by atoms with Gasteiger partial charge in [-0.3, -0.25) is 9.59 Å². The summed E-state index contributed by atoms with van der Waals surface area (Å²) in [6.45, 7) is 5.76. The van der Waals surface area contributed by atoms with Crippen molar-refractivity contribution in [1.82, 2.24) is 4.98 Å². The van der Waals surface area contributed by atoms with E-state index in [-0.39, 0.29) is 17.7 Å². The molecule has 7 heteroatoms. The number of nitrogens with two attached hydrogens (primary N) is 1. The van der Waals surface area contributed by atoms with Crippen molar-refractivity contribution in [1.29, 1.82) is 0 Å². The fraction of sp³-hybridized carbons (Fsp3) is 0.333. The normalized spacial score (nSPS) is 11.6. The molecule has 0 unspecified atom stereocenters. The number of amidine groups is 1. The lowest BCUT2D eigenvalue weighted by atomic mass is 10.1. The molecule has 0 spiro atoms. The highest BCUT2D eigenvalue weighted by molar-refractivity contribution is 7.18. The molecule has 2 aromatic rings. The Labute approximate surface area is 151 Å². The number of aliphatic imine (C=N–C) groups is 1. The zero-order chi connectivity index (χ0) is 18.4. The van der Waals surface area contributed by atoms with Gasteiger partial charge in [-0.05, 0) is 5.92 Å². The Morgan fingerprint density at radius 3 is 2.56 bits per heavy atom. The Morgan fingerprint density at radius 2 is 1.96 bits per heavy atom. The molecule has 0 saturated carbocycles. The highest BCUT2D eigenvalue weighted by atomic mass is 32.1. The van der Waals surface area contributed by atoms with E-state index in [1.165, 1.54) is 0 Å². The van der Waals surface area contributed by atoms with Crippen molar-refractivity contribution in [2.24, 2.45) is 16.6 Å². The Kier molecular flexibility index (Phi) is 6.41. The van der Waals surface area contributed by atoms with E-state index in [9.17, 15) is 9.59 Å². The molecule has 0 radical (unpaired) electrons. The molecule has 0 atom stereocenters. The first-order valence-electron chi connectivity index (χ1n) is 8.14. The van der Waals surface area contributed by atoms with Crippen molar-refractivity contribution < 1.29 is 9.59 Å². The molecule has 0 saturated heterocycles. The van der Waals surface area contributed by atoms with E-state index in [0.717, 1.165) is 16.9 Å². The number of benzene rings is 1. The number of carbonyl (C=O) groups is 2. The summed E-state index contributed by atoms with van der Waals surface area (Å²) in [6, 6.07) is 9.33. The van der Waals surface area contributed by atoms with Gasteiger partial charge in [-0.25, -0.2) is 4.98 Å². The Balaban J connectivity index is 2.39. The van der Waals surface area contributed by atoms with E-state index >= 15 is 0 Å². The van der Waals surface area contributed by atoms with Gasteiger partial charge in [0, 0.05) is 18.4 Å². The van der Waals surface area contributed by atoms with Crippen LogP contribution < -0.4 is 11.1 Å². The van der Waals surface area contributed by atoms with Crippen LogP contribution in [0.2, 0.25) is 0 Å². The van der Waals surface area contributed by atoms with Crippen LogP contribution in [0.15, 0.2) is 35.3 Å². The monoisotopic (exact) mass is 358 g/mol. The minimum atomic E-state index is -0.444. The van der Waals surface area contributed by atoms with Gasteiger partial charge in [-0.15, -0.1) is 0 Å². The number of aromatic nitrogens is 1. The van der Waals surface area contributed by atoms with Gasteiger partial charge < -0.3 is 11.1 Å². The number of hydrogen-bond acceptors (Lipinski definition) is 4. The van der Waals surface area contributed by atoms with Crippen molar-refractivity contribution in [2.45, 2.75) is 33.6 Å². The number of nitrogens with zero attached hydrogens (tertiary/aromatic N) is 2. The van der Waals surface area contributed by atoms with Crippen LogP contribution in [0.25, 0.3) is 11.3 Å². The lowest BCUT2D eigenvalue weighted by Crippen LogP contribution is -2.13. The number of nitrogens with one attached hydrogen (secondary N) is 1. The number of amides is 2. The predicted molar refractivity (Wildman–Crippen MR) is 102 cm³/mol. The highest BCUT2D eigenvalue weighted by Crippen LogP contribution is 2.32. The van der Waals surface area contributed by atoms with Crippen LogP contribution >= 0.6 is 11.3 Å². The molecule has 0 bridgehead atoms. The molecule has 1 aromatic heterocycles. The summed E-state index contributed by atoms with van der Waals surface area (Å²) in [5.74, 6) is -0.0644. The summed E-state index contributed by atoms with van der Waals surface area (Å²) in [5, 5.41) is 3.15. The van der Waals surface area contributed by atoms with E-state index in [4.69, 9.17) is 5.73 Å². The first-order chi connectivity index (χ1) is 11.9. The molecule has 3 N–H and O–H groups in total. The topological polar surface area (TPSA) is 97.4 Å². The molecule has 132 valence electrons. The number of thiazole rings is 1. The Hall–Kier alpha value is -2.54. The molecule has 2 amide bonds. The first-order valence-corrected chi connectivity index (χ1v) is 8.95. The maximum absolute atomic E-state index is 12.5. The molecular weight excluding hydrogens is 336 g/mol. The quantitative estimate of drug-likeness (QED) is 0.607. The molecule has 1 heterocycles. The van der Waals surface area contributed by atoms with E-state index in [0.29, 0.717) is 28.5 Å². The largest absolute Gasteiger partial charge is 0.387 e. The van der Waals surface area contributed by atoms with Gasteiger partial charge in [-0.1, -0.05) is 62.4 Å². The Morgan fingerprint density at radius 1 is 1.28 bits per heavy atom. The van der Waals surface area contributed by atoms with E-state index in [2.05, 4.69) is 15.3 Å². The second-order valence-corrected chi connectivity index (χ2v) is 6.97. The molecule has 0 aliphatic rings. The van der Waals surface area contributed by atoms with Crippen molar-refractivity contribution in [3.8, 4) is 11.3 Å². The van der Waals surface area contributed by atoms with Crippen LogP contribution in [0, 0.1) is 5.92 Å². The zero-order valence-electron chi connectivity index (χ0n) is 14.6. The lowest BCUT2D eigenvalue weighted by molar-refractivity contribution is -0.116. The summed E-state index contributed by atoms with van der Waals surface area (Å²) >= 11 is 1.12. The van der Waals surface area contributed by atoms with Crippen LogP contribution in [0.3, 0.4) is 0 Å². The summed E-state index contributed by atoms with van der Waals surface area (Å²) in [6.07, 6.45) is 0.883. The van der Waals surface area contributed by atoms with Crippen molar-refractivity contribution >= 4 is 34.1 Å². The summed E-state index contributed by atoms with van der Waals surface area (Å²) in [4.78, 5) is 33.2. The van der Waals surface area contributed by atoms with Gasteiger partial charge in [0.1, 0.15) is 10.7 Å². The molecule has 0 fully saturated rings. The van der Waals surface area contributed by atoms with Crippen LogP contribution in [0.4, 0.5) is 5.13 Å². The highest BCUT2D eigenvalue weighted by Gasteiger charge is 2.20. The van der Waals surface area contributed by atoms with Crippen molar-refractivity contribution in [3.05, 3.63) is 35.2 Å². The van der Waals surface area contributed by atoms with Gasteiger partial charge in [0.2, 0.25) is 5.91 Å². The molecule has 25 heavy (non-hydrogen) atoms. The van der Waals surface area contributed by atoms with Crippen LogP contribution in [-0.2, 0) is 4.79 Å². The average Bonchev–Trinajstić information content (AvgIpc) is 2.98. The minimum Gasteiger partial charge on any atom is -0.387 e. The maximum Gasteiger partial charge on any atom is 0.291 e. The minimum absolute atomic E-state index is 0.126. The number of rotatable bonds is 6. The summed E-state index contributed by atoms with van der Waals surface area (Å²) < 4.78 is 0. The average molecular weight is 358 g/mol. The molecule has 6 nitrogen and oxygen atoms in total. The summed E-state index contributed by atoms with van der Waals surface area (Å²) in [7, 11) is 0. The van der Waals surface area contributed by atoms with Gasteiger partial charge in [0.25, 0.3) is 5.91 Å². The van der Waals surface area contributed by atoms with Crippen LogP contribution in [0.5, 0.6) is 0 Å². The third-order valence-corrected chi connectivity index (χ3v) is 4.27. The maximum atomic E-state index is 12.5. The van der Waals surface area contributed by atoms with Gasteiger partial charge >= 0.3 is 0 Å². The van der Waals surface area contributed by atoms with E-state index in [1.807, 2.05) is 51.1 Å². The standard InChI is InChI=1S/C18H22N4O2S/c1-4-13(19)20-17(24)16-15(12-8-6-5-7-9-12)22-18(25-16)21-14(23)10-11(2)3/h5-9,11H,4,10H2,1-3H3,(H2,19,20,24)(H,21,22,23). The van der Waals surface area contributed by atoms with Crippen LogP contribution in [0.1, 0.15) is 43.3 Å². The van der Waals surface area contributed by atoms with Crippen LogP contribution in [-0.4, -0.2) is 22.6 Å². The number of carbonyl (C=O) groups excluding carboxylic acids is 2. The van der Waals surface area contributed by atoms with E-state index in [1.54, 1.807) is 0 Å². The molecule has 0 aliphatic carbocycles.